The maximum absolute atomic E-state index is 10.2. The highest BCUT2D eigenvalue weighted by Crippen LogP contribution is 2.08. The van der Waals surface area contributed by atoms with Crippen LogP contribution in [0, 0.1) is 6.42 Å². The molecular weight excluding hydrogens is 166 g/mol. The number of carboxylic acids is 1. The maximum Gasteiger partial charge on any atom is 0.303 e. The first kappa shape index (κ1) is 10.5. The average Bonchev–Trinajstić information content (AvgIpc) is 2.14. The van der Waals surface area contributed by atoms with Gasteiger partial charge in [0.15, 0.2) is 0 Å². The fourth-order valence-electron chi connectivity index (χ4n) is 1.64. The van der Waals surface area contributed by atoms with Crippen LogP contribution in [0.3, 0.4) is 0 Å². The van der Waals surface area contributed by atoms with E-state index in [2.05, 4.69) is 11.3 Å². The van der Waals surface area contributed by atoms with Crippen molar-refractivity contribution in [3.05, 3.63) is 6.42 Å². The number of carbonyl (C=O) groups is 1. The van der Waals surface area contributed by atoms with Gasteiger partial charge in [0.1, 0.15) is 0 Å². The summed E-state index contributed by atoms with van der Waals surface area (Å²) in [4.78, 5) is 12.7. The summed E-state index contributed by atoms with van der Waals surface area (Å²) >= 11 is 0. The van der Waals surface area contributed by atoms with Gasteiger partial charge in [-0.05, 0) is 51.7 Å². The van der Waals surface area contributed by atoms with Crippen LogP contribution in [0.15, 0.2) is 0 Å². The quantitative estimate of drug-likeness (QED) is 0.659. The van der Waals surface area contributed by atoms with E-state index >= 15 is 0 Å². The van der Waals surface area contributed by atoms with E-state index in [1.165, 1.54) is 12.8 Å². The Balaban J connectivity index is 1.95. The molecule has 0 aromatic carbocycles. The molecule has 1 aliphatic rings. The molecule has 1 aliphatic heterocycles. The zero-order valence-corrected chi connectivity index (χ0v) is 8.04. The SMILES string of the molecule is O=C(O)CCCCN1CC[CH]CC1. The fraction of sp³-hybridized carbons (Fsp3) is 0.800. The highest BCUT2D eigenvalue weighted by Gasteiger charge is 2.09. The number of piperidine rings is 1. The first-order valence-corrected chi connectivity index (χ1v) is 5.05. The van der Waals surface area contributed by atoms with E-state index in [9.17, 15) is 4.79 Å². The van der Waals surface area contributed by atoms with Gasteiger partial charge in [0.2, 0.25) is 0 Å². The topological polar surface area (TPSA) is 40.5 Å². The minimum atomic E-state index is -0.674. The number of carboxylic acid groups (broad SMARTS) is 1. The van der Waals surface area contributed by atoms with Crippen LogP contribution < -0.4 is 0 Å². The van der Waals surface area contributed by atoms with Crippen molar-refractivity contribution in [2.45, 2.75) is 32.1 Å². The molecule has 0 spiro atoms. The summed E-state index contributed by atoms with van der Waals surface area (Å²) in [5.74, 6) is -0.674. The van der Waals surface area contributed by atoms with E-state index < -0.39 is 5.97 Å². The molecule has 0 bridgehead atoms. The fourth-order valence-corrected chi connectivity index (χ4v) is 1.64. The molecule has 1 heterocycles. The monoisotopic (exact) mass is 184 g/mol. The minimum absolute atomic E-state index is 0.319. The molecule has 0 aromatic heterocycles. The van der Waals surface area contributed by atoms with Crippen molar-refractivity contribution < 1.29 is 9.90 Å². The predicted octanol–water partition coefficient (Wildman–Crippen LogP) is 1.54. The Morgan fingerprint density at radius 2 is 2.00 bits per heavy atom. The van der Waals surface area contributed by atoms with Gasteiger partial charge in [-0.3, -0.25) is 4.79 Å². The normalized spacial score (nSPS) is 18.8. The molecule has 3 heteroatoms. The summed E-state index contributed by atoms with van der Waals surface area (Å²) in [6, 6.07) is 0. The number of unbranched alkanes of at least 4 members (excludes halogenated alkanes) is 1. The van der Waals surface area contributed by atoms with E-state index in [1.54, 1.807) is 0 Å². The van der Waals surface area contributed by atoms with Gasteiger partial charge in [-0.25, -0.2) is 0 Å². The van der Waals surface area contributed by atoms with Crippen LogP contribution in [0.1, 0.15) is 32.1 Å². The van der Waals surface area contributed by atoms with E-state index in [0.29, 0.717) is 6.42 Å². The molecule has 3 nitrogen and oxygen atoms in total. The van der Waals surface area contributed by atoms with Crippen molar-refractivity contribution in [1.82, 2.24) is 4.90 Å². The van der Waals surface area contributed by atoms with Crippen molar-refractivity contribution in [2.75, 3.05) is 19.6 Å². The van der Waals surface area contributed by atoms with Gasteiger partial charge in [0.05, 0.1) is 0 Å². The predicted molar refractivity (Wildman–Crippen MR) is 51.5 cm³/mol. The number of aliphatic carboxylic acids is 1. The first-order chi connectivity index (χ1) is 6.29. The smallest absolute Gasteiger partial charge is 0.303 e. The molecule has 0 atom stereocenters. The lowest BCUT2D eigenvalue weighted by atomic mass is 10.1. The van der Waals surface area contributed by atoms with Crippen LogP contribution in [0.4, 0.5) is 0 Å². The van der Waals surface area contributed by atoms with Crippen molar-refractivity contribution >= 4 is 5.97 Å². The first-order valence-electron chi connectivity index (χ1n) is 5.05. The van der Waals surface area contributed by atoms with E-state index in [0.717, 1.165) is 32.5 Å². The standard InChI is InChI=1S/C10H18NO2/c12-10(13)6-2-5-9-11-7-3-1-4-8-11/h1H,2-9H2,(H,12,13). The lowest BCUT2D eigenvalue weighted by molar-refractivity contribution is -0.137. The number of rotatable bonds is 5. The second-order valence-electron chi connectivity index (χ2n) is 3.56. The average molecular weight is 184 g/mol. The van der Waals surface area contributed by atoms with Crippen LogP contribution in [-0.4, -0.2) is 35.6 Å². The summed E-state index contributed by atoms with van der Waals surface area (Å²) in [5, 5.41) is 8.43. The molecule has 1 fully saturated rings. The van der Waals surface area contributed by atoms with Gasteiger partial charge in [0.25, 0.3) is 0 Å². The van der Waals surface area contributed by atoms with Crippen molar-refractivity contribution in [2.24, 2.45) is 0 Å². The van der Waals surface area contributed by atoms with Crippen molar-refractivity contribution in [3.63, 3.8) is 0 Å². The summed E-state index contributed by atoms with van der Waals surface area (Å²) in [7, 11) is 0. The van der Waals surface area contributed by atoms with Crippen molar-refractivity contribution in [1.29, 1.82) is 0 Å². The van der Waals surface area contributed by atoms with Crippen LogP contribution in [0.25, 0.3) is 0 Å². The second kappa shape index (κ2) is 5.97. The molecule has 0 unspecified atom stereocenters. The zero-order valence-electron chi connectivity index (χ0n) is 8.04. The lowest BCUT2D eigenvalue weighted by Crippen LogP contribution is -2.30. The number of hydrogen-bond acceptors (Lipinski definition) is 2. The van der Waals surface area contributed by atoms with E-state index in [4.69, 9.17) is 5.11 Å². The molecule has 1 N–H and O–H groups in total. The van der Waals surface area contributed by atoms with E-state index in [-0.39, 0.29) is 0 Å². The Morgan fingerprint density at radius 3 is 2.62 bits per heavy atom. The van der Waals surface area contributed by atoms with Gasteiger partial charge < -0.3 is 10.0 Å². The highest BCUT2D eigenvalue weighted by atomic mass is 16.4. The Morgan fingerprint density at radius 1 is 1.31 bits per heavy atom. The third-order valence-corrected chi connectivity index (χ3v) is 2.41. The van der Waals surface area contributed by atoms with Gasteiger partial charge in [0, 0.05) is 6.42 Å². The number of nitrogens with zero attached hydrogens (tertiary/aromatic N) is 1. The van der Waals surface area contributed by atoms with Crippen LogP contribution in [0.2, 0.25) is 0 Å². The molecule has 0 amide bonds. The van der Waals surface area contributed by atoms with Crippen molar-refractivity contribution in [3.8, 4) is 0 Å². The van der Waals surface area contributed by atoms with Crippen LogP contribution >= 0.6 is 0 Å². The Hall–Kier alpha value is -0.570. The van der Waals surface area contributed by atoms with Crippen LogP contribution in [-0.2, 0) is 4.79 Å². The third kappa shape index (κ3) is 4.88. The molecule has 0 aliphatic carbocycles. The Bertz CT molecular complexity index is 153. The zero-order chi connectivity index (χ0) is 9.52. The maximum atomic E-state index is 10.2. The van der Waals surface area contributed by atoms with E-state index in [1.807, 2.05) is 0 Å². The molecule has 1 saturated heterocycles. The molecular formula is C10H18NO2. The van der Waals surface area contributed by atoms with Crippen LogP contribution in [0.5, 0.6) is 0 Å². The lowest BCUT2D eigenvalue weighted by Gasteiger charge is -2.25. The number of likely N-dealkylation sites (tertiary alicyclic amines) is 1. The molecule has 13 heavy (non-hydrogen) atoms. The summed E-state index contributed by atoms with van der Waals surface area (Å²) in [5.41, 5.74) is 0. The Labute approximate surface area is 79.7 Å². The largest absolute Gasteiger partial charge is 0.481 e. The molecule has 1 rings (SSSR count). The third-order valence-electron chi connectivity index (χ3n) is 2.41. The summed E-state index contributed by atoms with van der Waals surface area (Å²) < 4.78 is 0. The highest BCUT2D eigenvalue weighted by molar-refractivity contribution is 5.66. The Kier molecular flexibility index (Phi) is 4.83. The van der Waals surface area contributed by atoms with Gasteiger partial charge >= 0.3 is 5.97 Å². The molecule has 1 radical (unpaired) electrons. The summed E-state index contributed by atoms with van der Waals surface area (Å²) in [6.45, 7) is 3.39. The number of hydrogen-bond donors (Lipinski definition) is 1. The minimum Gasteiger partial charge on any atom is -0.481 e. The van der Waals surface area contributed by atoms with Gasteiger partial charge in [-0.1, -0.05) is 0 Å². The molecule has 0 saturated carbocycles. The molecule has 0 aromatic rings. The van der Waals surface area contributed by atoms with Gasteiger partial charge in [-0.15, -0.1) is 0 Å². The molecule has 75 valence electrons. The summed E-state index contributed by atoms with van der Waals surface area (Å²) in [6.07, 6.45) is 6.87. The second-order valence-corrected chi connectivity index (χ2v) is 3.56. The van der Waals surface area contributed by atoms with Gasteiger partial charge in [-0.2, -0.15) is 0 Å².